The van der Waals surface area contributed by atoms with E-state index < -0.39 is 0 Å². The maximum absolute atomic E-state index is 5.33. The molecule has 0 unspecified atom stereocenters. The predicted octanol–water partition coefficient (Wildman–Crippen LogP) is 2.32. The van der Waals surface area contributed by atoms with Crippen LogP contribution in [0.2, 0.25) is 0 Å². The zero-order valence-electron chi connectivity index (χ0n) is 13.9. The Morgan fingerprint density at radius 3 is 2.48 bits per heavy atom. The predicted molar refractivity (Wildman–Crippen MR) is 97.8 cm³/mol. The van der Waals surface area contributed by atoms with Gasteiger partial charge in [-0.25, -0.2) is 0 Å². The van der Waals surface area contributed by atoms with Crippen molar-refractivity contribution in [2.24, 2.45) is 0 Å². The second-order valence-corrected chi connectivity index (χ2v) is 6.84. The van der Waals surface area contributed by atoms with Crippen LogP contribution in [-0.2, 0) is 6.54 Å². The van der Waals surface area contributed by atoms with Crippen LogP contribution in [0.3, 0.4) is 0 Å². The monoisotopic (exact) mass is 329 g/mol. The molecule has 0 atom stereocenters. The lowest BCUT2D eigenvalue weighted by Gasteiger charge is -2.33. The second kappa shape index (κ2) is 7.75. The molecule has 0 spiro atoms. The number of hydrogen-bond acceptors (Lipinski definition) is 3. The number of quaternary nitrogens is 1. The summed E-state index contributed by atoms with van der Waals surface area (Å²) in [6.07, 6.45) is 2.12. The fraction of sp³-hybridized carbons (Fsp3) is 0.368. The molecule has 1 aliphatic heterocycles. The highest BCUT2D eigenvalue weighted by Crippen LogP contribution is 2.20. The van der Waals surface area contributed by atoms with Gasteiger partial charge >= 0.3 is 0 Å². The van der Waals surface area contributed by atoms with Crippen molar-refractivity contribution in [3.05, 3.63) is 54.1 Å². The summed E-state index contributed by atoms with van der Waals surface area (Å²) in [4.78, 5) is 5.47. The van der Waals surface area contributed by atoms with E-state index in [1.54, 1.807) is 23.8 Å². The molecule has 2 aromatic rings. The summed E-state index contributed by atoms with van der Waals surface area (Å²) in [6, 6.07) is 17.4. The number of benzene rings is 2. The minimum atomic E-state index is 0.936. The zero-order valence-corrected chi connectivity index (χ0v) is 14.7. The molecule has 3 rings (SSSR count). The lowest BCUT2D eigenvalue weighted by atomic mass is 10.2. The summed E-state index contributed by atoms with van der Waals surface area (Å²) in [7, 11) is 1.73. The molecule has 0 aromatic heterocycles. The van der Waals surface area contributed by atoms with Gasteiger partial charge in [-0.05, 0) is 30.5 Å². The molecular formula is C19H25N2OS+. The molecule has 0 aliphatic carbocycles. The van der Waals surface area contributed by atoms with Gasteiger partial charge in [0.1, 0.15) is 12.3 Å². The second-order valence-electron chi connectivity index (χ2n) is 5.96. The SMILES string of the molecule is COc1cccc(N2CC[NH+](Cc3ccc(SC)cc3)CC2)c1. The Kier molecular flexibility index (Phi) is 5.47. The first-order valence-corrected chi connectivity index (χ1v) is 9.36. The molecule has 1 N–H and O–H groups in total. The van der Waals surface area contributed by atoms with Crippen LogP contribution in [0.25, 0.3) is 0 Å². The van der Waals surface area contributed by atoms with Gasteiger partial charge in [0.15, 0.2) is 0 Å². The number of hydrogen-bond donors (Lipinski definition) is 1. The smallest absolute Gasteiger partial charge is 0.120 e. The lowest BCUT2D eigenvalue weighted by Crippen LogP contribution is -3.13. The summed E-state index contributed by atoms with van der Waals surface area (Å²) in [5.74, 6) is 0.936. The van der Waals surface area contributed by atoms with E-state index in [0.717, 1.165) is 25.4 Å². The topological polar surface area (TPSA) is 16.9 Å². The molecule has 2 aromatic carbocycles. The summed E-state index contributed by atoms with van der Waals surface area (Å²) in [5, 5.41) is 0. The number of nitrogens with one attached hydrogen (secondary N) is 1. The van der Waals surface area contributed by atoms with E-state index >= 15 is 0 Å². The first-order chi connectivity index (χ1) is 11.3. The average Bonchev–Trinajstić information content (AvgIpc) is 2.63. The van der Waals surface area contributed by atoms with Gasteiger partial charge in [0.2, 0.25) is 0 Å². The maximum Gasteiger partial charge on any atom is 0.120 e. The Hall–Kier alpha value is -1.65. The van der Waals surface area contributed by atoms with E-state index in [0.29, 0.717) is 0 Å². The summed E-state index contributed by atoms with van der Waals surface area (Å²) in [5.41, 5.74) is 2.71. The van der Waals surface area contributed by atoms with Crippen LogP contribution in [0, 0.1) is 0 Å². The molecule has 4 heteroatoms. The third-order valence-electron chi connectivity index (χ3n) is 4.50. The van der Waals surface area contributed by atoms with Gasteiger partial charge in [0.05, 0.1) is 33.3 Å². The zero-order chi connectivity index (χ0) is 16.1. The first kappa shape index (κ1) is 16.2. The van der Waals surface area contributed by atoms with Gasteiger partial charge in [-0.15, -0.1) is 11.8 Å². The van der Waals surface area contributed by atoms with Crippen molar-refractivity contribution in [2.75, 3.05) is 44.4 Å². The Morgan fingerprint density at radius 1 is 1.09 bits per heavy atom. The van der Waals surface area contributed by atoms with Crippen LogP contribution in [0.5, 0.6) is 5.75 Å². The van der Waals surface area contributed by atoms with Gasteiger partial charge < -0.3 is 14.5 Å². The number of ether oxygens (including phenoxy) is 1. The van der Waals surface area contributed by atoms with Crippen molar-refractivity contribution >= 4 is 17.4 Å². The molecule has 23 heavy (non-hydrogen) atoms. The highest BCUT2D eigenvalue weighted by Gasteiger charge is 2.20. The van der Waals surface area contributed by atoms with E-state index in [1.807, 2.05) is 6.07 Å². The molecule has 0 saturated carbocycles. The highest BCUT2D eigenvalue weighted by atomic mass is 32.2. The van der Waals surface area contributed by atoms with Crippen molar-refractivity contribution in [1.29, 1.82) is 0 Å². The first-order valence-electron chi connectivity index (χ1n) is 8.14. The normalized spacial score (nSPS) is 15.7. The Morgan fingerprint density at radius 2 is 1.83 bits per heavy atom. The number of methoxy groups -OCH3 is 1. The molecule has 122 valence electrons. The molecule has 1 heterocycles. The number of thioether (sulfide) groups is 1. The van der Waals surface area contributed by atoms with Crippen LogP contribution in [0.4, 0.5) is 5.69 Å². The number of piperazine rings is 1. The average molecular weight is 329 g/mol. The lowest BCUT2D eigenvalue weighted by molar-refractivity contribution is -0.914. The van der Waals surface area contributed by atoms with E-state index in [9.17, 15) is 0 Å². The molecule has 1 aliphatic rings. The number of anilines is 1. The molecule has 1 fully saturated rings. The van der Waals surface area contributed by atoms with Gasteiger partial charge in [0.25, 0.3) is 0 Å². The highest BCUT2D eigenvalue weighted by molar-refractivity contribution is 7.98. The minimum Gasteiger partial charge on any atom is -0.497 e. The molecule has 0 amide bonds. The van der Waals surface area contributed by atoms with Gasteiger partial charge in [-0.3, -0.25) is 0 Å². The third kappa shape index (κ3) is 4.21. The summed E-state index contributed by atoms with van der Waals surface area (Å²) < 4.78 is 5.33. The van der Waals surface area contributed by atoms with Crippen molar-refractivity contribution in [2.45, 2.75) is 11.4 Å². The van der Waals surface area contributed by atoms with E-state index in [1.165, 1.54) is 29.2 Å². The van der Waals surface area contributed by atoms with Gasteiger partial charge in [-0.1, -0.05) is 18.2 Å². The van der Waals surface area contributed by atoms with Crippen LogP contribution in [-0.4, -0.2) is 39.5 Å². The quantitative estimate of drug-likeness (QED) is 0.849. The Labute approximate surface area is 143 Å². The Balaban J connectivity index is 1.55. The maximum atomic E-state index is 5.33. The molecule has 1 saturated heterocycles. The van der Waals surface area contributed by atoms with Crippen molar-refractivity contribution < 1.29 is 9.64 Å². The fourth-order valence-electron chi connectivity index (χ4n) is 3.10. The molecule has 0 radical (unpaired) electrons. The van der Waals surface area contributed by atoms with E-state index in [4.69, 9.17) is 4.74 Å². The van der Waals surface area contributed by atoms with Crippen LogP contribution < -0.4 is 14.5 Å². The number of nitrogens with zero attached hydrogens (tertiary/aromatic N) is 1. The van der Waals surface area contributed by atoms with Gasteiger partial charge in [-0.2, -0.15) is 0 Å². The van der Waals surface area contributed by atoms with Crippen molar-refractivity contribution in [3.63, 3.8) is 0 Å². The molecular weight excluding hydrogens is 304 g/mol. The van der Waals surface area contributed by atoms with Crippen molar-refractivity contribution in [1.82, 2.24) is 0 Å². The van der Waals surface area contributed by atoms with Crippen LogP contribution >= 0.6 is 11.8 Å². The molecule has 0 bridgehead atoms. The van der Waals surface area contributed by atoms with E-state index in [-0.39, 0.29) is 0 Å². The summed E-state index contributed by atoms with van der Waals surface area (Å²) >= 11 is 1.80. The standard InChI is InChI=1S/C19H24N2OS/c1-22-18-5-3-4-17(14-18)21-12-10-20(11-13-21)15-16-6-8-19(23-2)9-7-16/h3-9,14H,10-13,15H2,1-2H3/p+1. The molecule has 3 nitrogen and oxygen atoms in total. The summed E-state index contributed by atoms with van der Waals surface area (Å²) in [6.45, 7) is 5.69. The van der Waals surface area contributed by atoms with Crippen LogP contribution in [0.1, 0.15) is 5.56 Å². The third-order valence-corrected chi connectivity index (χ3v) is 5.25. The van der Waals surface area contributed by atoms with Crippen molar-refractivity contribution in [3.8, 4) is 5.75 Å². The van der Waals surface area contributed by atoms with Crippen LogP contribution in [0.15, 0.2) is 53.4 Å². The van der Waals surface area contributed by atoms with Gasteiger partial charge in [0, 0.05) is 22.2 Å². The van der Waals surface area contributed by atoms with E-state index in [2.05, 4.69) is 53.6 Å². The largest absolute Gasteiger partial charge is 0.497 e. The number of rotatable bonds is 5. The minimum absolute atomic E-state index is 0.936. The fourth-order valence-corrected chi connectivity index (χ4v) is 3.51. The Bertz CT molecular complexity index is 622.